The molecule has 1 aliphatic heterocycles. The van der Waals surface area contributed by atoms with Crippen LogP contribution in [-0.4, -0.2) is 54.7 Å². The van der Waals surface area contributed by atoms with E-state index in [-0.39, 0.29) is 24.4 Å². The maximum atomic E-state index is 12.2. The van der Waals surface area contributed by atoms with Crippen molar-refractivity contribution in [1.82, 2.24) is 15.5 Å². The summed E-state index contributed by atoms with van der Waals surface area (Å²) >= 11 is 0. The van der Waals surface area contributed by atoms with E-state index >= 15 is 0 Å². The van der Waals surface area contributed by atoms with Gasteiger partial charge >= 0.3 is 12.0 Å². The first-order chi connectivity index (χ1) is 9.43. The van der Waals surface area contributed by atoms with Gasteiger partial charge in [0.2, 0.25) is 0 Å². The SMILES string of the molecule is CNCC1CCCN(C(=O)NC(CC(=O)O)C(C)C)C1. The number of carboxylic acid groups (broad SMARTS) is 1. The van der Waals surface area contributed by atoms with Gasteiger partial charge in [0.15, 0.2) is 0 Å². The maximum Gasteiger partial charge on any atom is 0.317 e. The molecule has 1 heterocycles. The van der Waals surface area contributed by atoms with Crippen molar-refractivity contribution in [2.75, 3.05) is 26.7 Å². The van der Waals surface area contributed by atoms with E-state index in [0.29, 0.717) is 5.92 Å². The first kappa shape index (κ1) is 16.8. The Morgan fingerprint density at radius 1 is 1.40 bits per heavy atom. The summed E-state index contributed by atoms with van der Waals surface area (Å²) < 4.78 is 0. The number of rotatable bonds is 6. The van der Waals surface area contributed by atoms with Crippen molar-refractivity contribution in [1.29, 1.82) is 0 Å². The van der Waals surface area contributed by atoms with Gasteiger partial charge in [0.25, 0.3) is 0 Å². The monoisotopic (exact) mass is 285 g/mol. The van der Waals surface area contributed by atoms with Crippen molar-refractivity contribution < 1.29 is 14.7 Å². The van der Waals surface area contributed by atoms with Gasteiger partial charge in [-0.15, -0.1) is 0 Å². The van der Waals surface area contributed by atoms with E-state index in [2.05, 4.69) is 10.6 Å². The van der Waals surface area contributed by atoms with Gasteiger partial charge < -0.3 is 20.6 Å². The van der Waals surface area contributed by atoms with Crippen LogP contribution in [0.3, 0.4) is 0 Å². The minimum absolute atomic E-state index is 0.0306. The van der Waals surface area contributed by atoms with Crippen molar-refractivity contribution in [2.24, 2.45) is 11.8 Å². The number of urea groups is 1. The molecule has 6 heteroatoms. The molecule has 1 rings (SSSR count). The molecule has 2 unspecified atom stereocenters. The molecule has 1 saturated heterocycles. The third kappa shape index (κ3) is 5.36. The molecular weight excluding hydrogens is 258 g/mol. The molecule has 1 fully saturated rings. The second-order valence-electron chi connectivity index (χ2n) is 5.91. The zero-order valence-corrected chi connectivity index (χ0v) is 12.7. The van der Waals surface area contributed by atoms with Crippen LogP contribution >= 0.6 is 0 Å². The number of hydrogen-bond donors (Lipinski definition) is 3. The standard InChI is InChI=1S/C14H27N3O3/c1-10(2)12(7-13(18)19)16-14(20)17-6-4-5-11(9-17)8-15-3/h10-12,15H,4-9H2,1-3H3,(H,16,20)(H,18,19). The molecule has 3 N–H and O–H groups in total. The lowest BCUT2D eigenvalue weighted by atomic mass is 9.98. The number of likely N-dealkylation sites (tertiary alicyclic amines) is 1. The van der Waals surface area contributed by atoms with Crippen LogP contribution < -0.4 is 10.6 Å². The van der Waals surface area contributed by atoms with Gasteiger partial charge in [0.05, 0.1) is 6.42 Å². The third-order valence-corrected chi connectivity index (χ3v) is 3.81. The fourth-order valence-corrected chi connectivity index (χ4v) is 2.60. The molecule has 20 heavy (non-hydrogen) atoms. The van der Waals surface area contributed by atoms with E-state index in [4.69, 9.17) is 5.11 Å². The van der Waals surface area contributed by atoms with Crippen molar-refractivity contribution in [3.05, 3.63) is 0 Å². The second-order valence-corrected chi connectivity index (χ2v) is 5.91. The summed E-state index contributed by atoms with van der Waals surface area (Å²) in [6, 6.07) is -0.449. The third-order valence-electron chi connectivity index (χ3n) is 3.81. The predicted molar refractivity (Wildman–Crippen MR) is 77.6 cm³/mol. The van der Waals surface area contributed by atoms with Gasteiger partial charge in [-0.2, -0.15) is 0 Å². The van der Waals surface area contributed by atoms with E-state index in [1.165, 1.54) is 0 Å². The number of nitrogens with one attached hydrogen (secondary N) is 2. The van der Waals surface area contributed by atoms with Gasteiger partial charge in [-0.1, -0.05) is 13.8 Å². The topological polar surface area (TPSA) is 81.7 Å². The van der Waals surface area contributed by atoms with Crippen molar-refractivity contribution in [3.63, 3.8) is 0 Å². The molecule has 0 bridgehead atoms. The van der Waals surface area contributed by atoms with Crippen LogP contribution in [0.25, 0.3) is 0 Å². The van der Waals surface area contributed by atoms with Crippen LogP contribution in [0.5, 0.6) is 0 Å². The Hall–Kier alpha value is -1.30. The average molecular weight is 285 g/mol. The first-order valence-electron chi connectivity index (χ1n) is 7.35. The Labute approximate surface area is 120 Å². The maximum absolute atomic E-state index is 12.2. The van der Waals surface area contributed by atoms with Gasteiger partial charge in [-0.05, 0) is 38.3 Å². The van der Waals surface area contributed by atoms with Gasteiger partial charge in [-0.3, -0.25) is 4.79 Å². The highest BCUT2D eigenvalue weighted by Crippen LogP contribution is 2.16. The largest absolute Gasteiger partial charge is 0.481 e. The first-order valence-corrected chi connectivity index (χ1v) is 7.35. The smallest absolute Gasteiger partial charge is 0.317 e. The van der Waals surface area contributed by atoms with E-state index in [1.54, 1.807) is 0 Å². The molecule has 1 aliphatic rings. The van der Waals surface area contributed by atoms with Gasteiger partial charge in [0.1, 0.15) is 0 Å². The van der Waals surface area contributed by atoms with E-state index < -0.39 is 5.97 Å². The molecule has 2 atom stereocenters. The number of aliphatic carboxylic acids is 1. The molecule has 0 radical (unpaired) electrons. The summed E-state index contributed by atoms with van der Waals surface area (Å²) in [5.74, 6) is -0.292. The van der Waals surface area contributed by atoms with Crippen molar-refractivity contribution >= 4 is 12.0 Å². The highest BCUT2D eigenvalue weighted by Gasteiger charge is 2.26. The molecule has 0 spiro atoms. The summed E-state index contributed by atoms with van der Waals surface area (Å²) in [5.41, 5.74) is 0. The summed E-state index contributed by atoms with van der Waals surface area (Å²) in [6.45, 7) is 6.25. The van der Waals surface area contributed by atoms with Crippen LogP contribution in [0.4, 0.5) is 4.79 Å². The Morgan fingerprint density at radius 3 is 2.65 bits per heavy atom. The fourth-order valence-electron chi connectivity index (χ4n) is 2.60. The Bertz CT molecular complexity index is 332. The Balaban J connectivity index is 2.52. The number of carbonyl (C=O) groups excluding carboxylic acids is 1. The zero-order chi connectivity index (χ0) is 15.1. The molecule has 0 aromatic carbocycles. The van der Waals surface area contributed by atoms with Crippen LogP contribution in [0.15, 0.2) is 0 Å². The summed E-state index contributed by atoms with van der Waals surface area (Å²) in [5, 5.41) is 14.9. The number of hydrogen-bond acceptors (Lipinski definition) is 3. The Kier molecular flexibility index (Phi) is 6.78. The van der Waals surface area contributed by atoms with Crippen molar-refractivity contribution in [3.8, 4) is 0 Å². The van der Waals surface area contributed by atoms with E-state index in [0.717, 1.165) is 32.5 Å². The van der Waals surface area contributed by atoms with Crippen LogP contribution in [0.2, 0.25) is 0 Å². The molecule has 0 saturated carbocycles. The number of amides is 2. The summed E-state index contributed by atoms with van der Waals surface area (Å²) in [6.07, 6.45) is 2.11. The molecular formula is C14H27N3O3. The van der Waals surface area contributed by atoms with Crippen LogP contribution in [0, 0.1) is 11.8 Å². The highest BCUT2D eigenvalue weighted by atomic mass is 16.4. The summed E-state index contributed by atoms with van der Waals surface area (Å²) in [7, 11) is 1.92. The molecule has 2 amide bonds. The number of piperidine rings is 1. The Morgan fingerprint density at radius 2 is 2.10 bits per heavy atom. The van der Waals surface area contributed by atoms with Gasteiger partial charge in [0, 0.05) is 19.1 Å². The normalized spacial score (nSPS) is 20.8. The number of nitrogens with zero attached hydrogens (tertiary/aromatic N) is 1. The van der Waals surface area contributed by atoms with Crippen LogP contribution in [0.1, 0.15) is 33.1 Å². The number of carbonyl (C=O) groups is 2. The van der Waals surface area contributed by atoms with E-state index in [9.17, 15) is 9.59 Å². The molecule has 116 valence electrons. The highest BCUT2D eigenvalue weighted by molar-refractivity contribution is 5.76. The summed E-state index contributed by atoms with van der Waals surface area (Å²) in [4.78, 5) is 24.9. The fraction of sp³-hybridized carbons (Fsp3) is 0.857. The lowest BCUT2D eigenvalue weighted by molar-refractivity contribution is -0.137. The minimum atomic E-state index is -0.879. The lowest BCUT2D eigenvalue weighted by Crippen LogP contribution is -2.51. The number of carboxylic acids is 1. The predicted octanol–water partition coefficient (Wildman–Crippen LogP) is 1.13. The molecule has 0 aliphatic carbocycles. The lowest BCUT2D eigenvalue weighted by Gasteiger charge is -2.34. The quantitative estimate of drug-likeness (QED) is 0.683. The minimum Gasteiger partial charge on any atom is -0.481 e. The molecule has 0 aromatic heterocycles. The average Bonchev–Trinajstić information content (AvgIpc) is 2.38. The zero-order valence-electron chi connectivity index (χ0n) is 12.7. The van der Waals surface area contributed by atoms with E-state index in [1.807, 2.05) is 25.8 Å². The van der Waals surface area contributed by atoms with Crippen molar-refractivity contribution in [2.45, 2.75) is 39.2 Å². The molecule has 6 nitrogen and oxygen atoms in total. The molecule has 0 aromatic rings. The second kappa shape index (κ2) is 8.09. The van der Waals surface area contributed by atoms with Gasteiger partial charge in [-0.25, -0.2) is 4.79 Å². The van der Waals surface area contributed by atoms with Crippen LogP contribution in [-0.2, 0) is 4.79 Å².